The number of rotatable bonds is 0. The van der Waals surface area contributed by atoms with E-state index in [2.05, 4.69) is 0 Å². The molecular weight excluding hydrogens is 213 g/mol. The molecule has 0 spiro atoms. The Bertz CT molecular complexity index is 33.8. The van der Waals surface area contributed by atoms with Gasteiger partial charge in [0, 0.05) is 19.5 Å². The zero-order valence-corrected chi connectivity index (χ0v) is 5.48. The largest absolute Gasteiger partial charge is 0 e. The predicted octanol–water partition coefficient (Wildman–Crippen LogP) is -0.696. The minimum Gasteiger partial charge on any atom is 0 e. The van der Waals surface area contributed by atoms with Crippen LogP contribution in [0.4, 0.5) is 4.79 Å². The monoisotopic (exact) mass is 216 g/mol. The van der Waals surface area contributed by atoms with E-state index >= 15 is 0 Å². The van der Waals surface area contributed by atoms with E-state index in [-0.39, 0.29) is 65.0 Å². The van der Waals surface area contributed by atoms with Crippen molar-refractivity contribution in [3.05, 3.63) is 0 Å². The first-order valence-electron chi connectivity index (χ1n) is 0.651. The molecule has 0 aliphatic heterocycles. The minimum absolute atomic E-state index is 0. The van der Waals surface area contributed by atoms with Gasteiger partial charge in [0.25, 0.3) is 0 Å². The SMILES string of the molecule is O=C(O)O.[SrH2].[Zn]. The first-order valence-corrected chi connectivity index (χ1v) is 0.651. The van der Waals surface area contributed by atoms with Crippen LogP contribution in [0.5, 0.6) is 0 Å². The second kappa shape index (κ2) is 9.62. The summed E-state index contributed by atoms with van der Waals surface area (Å²) in [4.78, 5) is 8.56. The van der Waals surface area contributed by atoms with Gasteiger partial charge in [-0.3, -0.25) is 0 Å². The summed E-state index contributed by atoms with van der Waals surface area (Å²) in [7, 11) is 0. The molecule has 0 heterocycles. The molecule has 0 unspecified atom stereocenters. The molecule has 0 atom stereocenters. The topological polar surface area (TPSA) is 57.5 Å². The summed E-state index contributed by atoms with van der Waals surface area (Å²) in [6.45, 7) is 0. The zero-order valence-electron chi connectivity index (χ0n) is 2.51. The van der Waals surface area contributed by atoms with Gasteiger partial charge in [-0.15, -0.1) is 0 Å². The third-order valence-corrected chi connectivity index (χ3v) is 0. The van der Waals surface area contributed by atoms with Crippen LogP contribution in [0.2, 0.25) is 0 Å². The second-order valence-electron chi connectivity index (χ2n) is 0.283. The van der Waals surface area contributed by atoms with Crippen molar-refractivity contribution in [2.45, 2.75) is 0 Å². The van der Waals surface area contributed by atoms with Crippen LogP contribution in [0.25, 0.3) is 0 Å². The number of hydrogen-bond acceptors (Lipinski definition) is 1. The van der Waals surface area contributed by atoms with Gasteiger partial charge < -0.3 is 10.2 Å². The van der Waals surface area contributed by atoms with Crippen LogP contribution in [-0.4, -0.2) is 61.9 Å². The Morgan fingerprint density at radius 3 is 1.33 bits per heavy atom. The molecule has 0 aromatic heterocycles. The maximum Gasteiger partial charge on any atom is 0 e. The van der Waals surface area contributed by atoms with Crippen LogP contribution in [-0.2, 0) is 19.5 Å². The van der Waals surface area contributed by atoms with Crippen molar-refractivity contribution in [1.29, 1.82) is 0 Å². The fourth-order valence-corrected chi connectivity index (χ4v) is 0. The van der Waals surface area contributed by atoms with Crippen molar-refractivity contribution in [3.63, 3.8) is 0 Å². The van der Waals surface area contributed by atoms with Crippen molar-refractivity contribution in [2.24, 2.45) is 0 Å². The van der Waals surface area contributed by atoms with E-state index in [1.54, 1.807) is 0 Å². The number of carboxylic acid groups (broad SMARTS) is 2. The summed E-state index contributed by atoms with van der Waals surface area (Å²) >= 11 is 0. The van der Waals surface area contributed by atoms with Crippen LogP contribution in [0.3, 0.4) is 0 Å². The quantitative estimate of drug-likeness (QED) is 0.527. The van der Waals surface area contributed by atoms with Crippen molar-refractivity contribution in [2.75, 3.05) is 0 Å². The average Bonchev–Trinajstić information content (AvgIpc) is 0.811. The van der Waals surface area contributed by atoms with Gasteiger partial charge in [0.15, 0.2) is 0 Å². The van der Waals surface area contributed by atoms with E-state index < -0.39 is 6.16 Å². The molecule has 0 bridgehead atoms. The fourth-order valence-electron chi connectivity index (χ4n) is 0. The standard InChI is InChI=1S/CH2O3.Sr.Zn.2H/c2-1(3)4;;;;/h(H2,2,3,4);;;;. The van der Waals surface area contributed by atoms with E-state index in [0.717, 1.165) is 0 Å². The number of carbonyl (C=O) groups is 1. The average molecular weight is 217 g/mol. The van der Waals surface area contributed by atoms with Crippen molar-refractivity contribution in [1.82, 2.24) is 0 Å². The molecule has 0 saturated carbocycles. The van der Waals surface area contributed by atoms with E-state index in [0.29, 0.717) is 0 Å². The van der Waals surface area contributed by atoms with Crippen LogP contribution in [0.15, 0.2) is 0 Å². The van der Waals surface area contributed by atoms with Gasteiger partial charge in [0.2, 0.25) is 0 Å². The molecule has 0 fully saturated rings. The Labute approximate surface area is 84.8 Å². The van der Waals surface area contributed by atoms with Crippen LogP contribution < -0.4 is 0 Å². The zero-order chi connectivity index (χ0) is 3.58. The van der Waals surface area contributed by atoms with Gasteiger partial charge in [-0.2, -0.15) is 0 Å². The molecule has 0 saturated heterocycles. The molecule has 0 aliphatic carbocycles. The van der Waals surface area contributed by atoms with Crippen molar-refractivity contribution >= 4 is 51.6 Å². The van der Waals surface area contributed by atoms with Gasteiger partial charge in [-0.25, -0.2) is 4.79 Å². The van der Waals surface area contributed by atoms with E-state index in [4.69, 9.17) is 15.0 Å². The molecular formula is CH4O3SrZn. The molecule has 2 N–H and O–H groups in total. The van der Waals surface area contributed by atoms with Crippen LogP contribution in [0.1, 0.15) is 0 Å². The third kappa shape index (κ3) is 54.5. The van der Waals surface area contributed by atoms with Crippen molar-refractivity contribution in [3.8, 4) is 0 Å². The summed E-state index contributed by atoms with van der Waals surface area (Å²) in [5.74, 6) is 0. The molecule has 0 amide bonds. The molecule has 0 radical (unpaired) electrons. The van der Waals surface area contributed by atoms with Crippen LogP contribution in [0, 0.1) is 0 Å². The van der Waals surface area contributed by atoms with Gasteiger partial charge in [0.05, 0.1) is 0 Å². The summed E-state index contributed by atoms with van der Waals surface area (Å²) < 4.78 is 0. The van der Waals surface area contributed by atoms with E-state index in [1.807, 2.05) is 0 Å². The smallest absolute Gasteiger partial charge is 0 e. The van der Waals surface area contributed by atoms with Gasteiger partial charge in [0.1, 0.15) is 0 Å². The molecule has 30 valence electrons. The summed E-state index contributed by atoms with van der Waals surface area (Å²) in [6, 6.07) is 0. The maximum atomic E-state index is 8.56. The summed E-state index contributed by atoms with van der Waals surface area (Å²) in [6.07, 6.45) is -1.83. The Balaban J connectivity index is -0.0000000450. The Morgan fingerprint density at radius 2 is 1.33 bits per heavy atom. The van der Waals surface area contributed by atoms with Gasteiger partial charge in [-0.1, -0.05) is 0 Å². The molecule has 3 nitrogen and oxygen atoms in total. The Morgan fingerprint density at radius 1 is 1.33 bits per heavy atom. The Kier molecular flexibility index (Phi) is 25.1. The van der Waals surface area contributed by atoms with E-state index in [1.165, 1.54) is 0 Å². The fraction of sp³-hybridized carbons (Fsp3) is 0. The van der Waals surface area contributed by atoms with E-state index in [9.17, 15) is 0 Å². The molecule has 0 aromatic carbocycles. The first-order chi connectivity index (χ1) is 1.73. The molecule has 6 heavy (non-hydrogen) atoms. The normalized spacial score (nSPS) is 4.00. The summed E-state index contributed by atoms with van der Waals surface area (Å²) in [5, 5.41) is 13.9. The molecule has 0 aliphatic rings. The first kappa shape index (κ1) is 15.7. The van der Waals surface area contributed by atoms with Gasteiger partial charge in [-0.05, 0) is 0 Å². The maximum absolute atomic E-state index is 8.56. The van der Waals surface area contributed by atoms with Gasteiger partial charge >= 0.3 is 51.6 Å². The van der Waals surface area contributed by atoms with Crippen LogP contribution >= 0.6 is 0 Å². The Hall–Kier alpha value is 1.37. The minimum atomic E-state index is -1.83. The second-order valence-corrected chi connectivity index (χ2v) is 0.283. The van der Waals surface area contributed by atoms with Crippen molar-refractivity contribution < 1.29 is 34.5 Å². The molecule has 0 aromatic rings. The molecule has 5 heteroatoms. The summed E-state index contributed by atoms with van der Waals surface area (Å²) in [5.41, 5.74) is 0. The third-order valence-electron chi connectivity index (χ3n) is 0. The number of hydrogen-bond donors (Lipinski definition) is 2. The molecule has 0 rings (SSSR count). The predicted molar refractivity (Wildman–Crippen MR) is 19.2 cm³/mol.